The average molecular weight is 306 g/mol. The standard InChI is InChI=1S/C20H20NS/c1-5-13-21-16(7-3)14(6-2)19-15-11-9-10-12-18(15)22-20(19)17(21)8-4/h4-5,9-13H,6-7H2,1-3H3/q+1. The number of rotatable bonds is 3. The van der Waals surface area contributed by atoms with Gasteiger partial charge >= 0.3 is 0 Å². The van der Waals surface area contributed by atoms with Crippen LogP contribution in [0.25, 0.3) is 26.4 Å². The molecule has 0 atom stereocenters. The van der Waals surface area contributed by atoms with Crippen molar-refractivity contribution in [3.63, 3.8) is 0 Å². The minimum Gasteiger partial charge on any atom is -0.156 e. The topological polar surface area (TPSA) is 3.88 Å². The highest BCUT2D eigenvalue weighted by molar-refractivity contribution is 7.26. The number of hydrogen-bond donors (Lipinski definition) is 0. The Hall–Kier alpha value is -2.11. The van der Waals surface area contributed by atoms with Crippen molar-refractivity contribution in [1.29, 1.82) is 0 Å². The number of fused-ring (bicyclic) bond motifs is 3. The second-order valence-electron chi connectivity index (χ2n) is 5.28. The summed E-state index contributed by atoms with van der Waals surface area (Å²) >= 11 is 1.80. The molecule has 0 bridgehead atoms. The lowest BCUT2D eigenvalue weighted by molar-refractivity contribution is -0.578. The third-order valence-electron chi connectivity index (χ3n) is 4.12. The molecule has 110 valence electrons. The lowest BCUT2D eigenvalue weighted by Crippen LogP contribution is -2.37. The summed E-state index contributed by atoms with van der Waals surface area (Å²) < 4.78 is 4.75. The number of aromatic nitrogens is 1. The summed E-state index contributed by atoms with van der Waals surface area (Å²) in [6.45, 7) is 6.47. The molecule has 1 nitrogen and oxygen atoms in total. The minimum atomic E-state index is 0.975. The van der Waals surface area contributed by atoms with Crippen LogP contribution in [-0.4, -0.2) is 0 Å². The Morgan fingerprint density at radius 3 is 2.64 bits per heavy atom. The molecular weight excluding hydrogens is 286 g/mol. The zero-order chi connectivity index (χ0) is 15.7. The SMILES string of the molecule is C#Cc1c2sc3ccccc3c2c(CC)c(CC)[n+]1C=CC. The van der Waals surface area contributed by atoms with Crippen molar-refractivity contribution in [2.45, 2.75) is 33.6 Å². The summed E-state index contributed by atoms with van der Waals surface area (Å²) in [7, 11) is 0. The molecule has 22 heavy (non-hydrogen) atoms. The van der Waals surface area contributed by atoms with Gasteiger partial charge < -0.3 is 0 Å². The fourth-order valence-corrected chi connectivity index (χ4v) is 4.49. The molecule has 0 aliphatic rings. The first-order chi connectivity index (χ1) is 10.8. The van der Waals surface area contributed by atoms with E-state index < -0.39 is 0 Å². The van der Waals surface area contributed by atoms with Crippen LogP contribution in [-0.2, 0) is 12.8 Å². The van der Waals surface area contributed by atoms with Crippen LogP contribution in [0.5, 0.6) is 0 Å². The number of pyridine rings is 1. The molecule has 0 saturated carbocycles. The maximum atomic E-state index is 5.89. The highest BCUT2D eigenvalue weighted by atomic mass is 32.1. The molecule has 3 aromatic rings. The van der Waals surface area contributed by atoms with Crippen LogP contribution < -0.4 is 4.57 Å². The first-order valence-corrected chi connectivity index (χ1v) is 8.58. The lowest BCUT2D eigenvalue weighted by Gasteiger charge is -2.08. The fraction of sp³-hybridized carbons (Fsp3) is 0.250. The maximum Gasteiger partial charge on any atom is 0.280 e. The van der Waals surface area contributed by atoms with Gasteiger partial charge in [-0.05, 0) is 25.5 Å². The monoisotopic (exact) mass is 306 g/mol. The maximum absolute atomic E-state index is 5.89. The smallest absolute Gasteiger partial charge is 0.156 e. The van der Waals surface area contributed by atoms with Crippen molar-refractivity contribution in [2.75, 3.05) is 0 Å². The fourth-order valence-electron chi connectivity index (χ4n) is 3.26. The van der Waals surface area contributed by atoms with E-state index in [1.54, 1.807) is 11.3 Å². The van der Waals surface area contributed by atoms with Gasteiger partial charge in [-0.1, -0.05) is 32.0 Å². The van der Waals surface area contributed by atoms with E-state index in [0.717, 1.165) is 18.5 Å². The minimum absolute atomic E-state index is 0.975. The van der Waals surface area contributed by atoms with Crippen LogP contribution in [0.2, 0.25) is 0 Å². The van der Waals surface area contributed by atoms with Crippen molar-refractivity contribution in [2.24, 2.45) is 0 Å². The Balaban J connectivity index is 2.63. The second kappa shape index (κ2) is 5.94. The summed E-state index contributed by atoms with van der Waals surface area (Å²) in [6.07, 6.45) is 12.0. The number of hydrogen-bond acceptors (Lipinski definition) is 1. The second-order valence-corrected chi connectivity index (χ2v) is 6.33. The van der Waals surface area contributed by atoms with Gasteiger partial charge in [0, 0.05) is 33.4 Å². The number of nitrogens with zero attached hydrogens (tertiary/aromatic N) is 1. The molecule has 2 heterocycles. The van der Waals surface area contributed by atoms with Crippen molar-refractivity contribution < 1.29 is 4.57 Å². The van der Waals surface area contributed by atoms with E-state index in [0.29, 0.717) is 0 Å². The van der Waals surface area contributed by atoms with Crippen LogP contribution >= 0.6 is 11.3 Å². The van der Waals surface area contributed by atoms with Crippen LogP contribution in [0.15, 0.2) is 30.3 Å². The largest absolute Gasteiger partial charge is 0.280 e. The van der Waals surface area contributed by atoms with Gasteiger partial charge in [-0.25, -0.2) is 0 Å². The summed E-state index contributed by atoms with van der Waals surface area (Å²) in [5, 5.41) is 2.69. The lowest BCUT2D eigenvalue weighted by atomic mass is 10.00. The normalized spacial score (nSPS) is 11.5. The molecule has 0 aliphatic heterocycles. The van der Waals surface area contributed by atoms with Gasteiger partial charge in [0.05, 0.1) is 0 Å². The quantitative estimate of drug-likeness (QED) is 0.477. The summed E-state index contributed by atoms with van der Waals surface area (Å²) in [5.41, 5.74) is 3.72. The van der Waals surface area contributed by atoms with E-state index in [4.69, 9.17) is 6.42 Å². The number of thiophene rings is 1. The van der Waals surface area contributed by atoms with Crippen LogP contribution in [0.3, 0.4) is 0 Å². The summed E-state index contributed by atoms with van der Waals surface area (Å²) in [4.78, 5) is 0. The van der Waals surface area contributed by atoms with Gasteiger partial charge in [-0.3, -0.25) is 0 Å². The van der Waals surface area contributed by atoms with Gasteiger partial charge in [0.2, 0.25) is 0 Å². The molecule has 0 aliphatic carbocycles. The first kappa shape index (κ1) is 14.8. The highest BCUT2D eigenvalue weighted by Crippen LogP contribution is 2.38. The molecule has 0 unspecified atom stereocenters. The molecular formula is C20H20NS+. The van der Waals surface area contributed by atoms with Gasteiger partial charge in [-0.15, -0.1) is 17.8 Å². The van der Waals surface area contributed by atoms with Crippen LogP contribution in [0.1, 0.15) is 37.7 Å². The molecule has 1 aromatic carbocycles. The van der Waals surface area contributed by atoms with Crippen molar-refractivity contribution in [1.82, 2.24) is 0 Å². The predicted molar refractivity (Wildman–Crippen MR) is 97.2 cm³/mol. The van der Waals surface area contributed by atoms with Crippen molar-refractivity contribution >= 4 is 37.7 Å². The van der Waals surface area contributed by atoms with E-state index in [2.05, 4.69) is 60.9 Å². The number of aryl methyl sites for hydroxylation is 1. The molecule has 2 aromatic heterocycles. The third kappa shape index (κ3) is 2.05. The van der Waals surface area contributed by atoms with E-state index in [9.17, 15) is 0 Å². The van der Waals surface area contributed by atoms with E-state index in [1.165, 1.54) is 31.4 Å². The van der Waals surface area contributed by atoms with Gasteiger partial charge in [0.1, 0.15) is 4.70 Å². The average Bonchev–Trinajstić information content (AvgIpc) is 2.92. The number of benzene rings is 1. The third-order valence-corrected chi connectivity index (χ3v) is 5.29. The van der Waals surface area contributed by atoms with Crippen LogP contribution in [0, 0.1) is 12.3 Å². The van der Waals surface area contributed by atoms with E-state index >= 15 is 0 Å². The molecule has 0 fully saturated rings. The zero-order valence-electron chi connectivity index (χ0n) is 13.3. The zero-order valence-corrected chi connectivity index (χ0v) is 14.1. The highest BCUT2D eigenvalue weighted by Gasteiger charge is 2.25. The molecule has 2 heteroatoms. The predicted octanol–water partition coefficient (Wildman–Crippen LogP) is 4.94. The van der Waals surface area contributed by atoms with Gasteiger partial charge in [-0.2, -0.15) is 4.57 Å². The Kier molecular flexibility index (Phi) is 4.00. The molecule has 0 spiro atoms. The van der Waals surface area contributed by atoms with Crippen molar-refractivity contribution in [3.05, 3.63) is 47.3 Å². The number of terminal acetylenes is 1. The summed E-state index contributed by atoms with van der Waals surface area (Å²) in [6, 6.07) is 8.61. The van der Waals surface area contributed by atoms with Gasteiger partial charge in [0.15, 0.2) is 11.9 Å². The molecule has 0 N–H and O–H groups in total. The Morgan fingerprint density at radius 1 is 1.23 bits per heavy atom. The Labute approximate surface area is 135 Å². The summed E-state index contributed by atoms with van der Waals surface area (Å²) in [5.74, 6) is 2.93. The Bertz CT molecular complexity index is 922. The molecule has 0 saturated heterocycles. The molecule has 3 rings (SSSR count). The molecule has 0 radical (unpaired) electrons. The van der Waals surface area contributed by atoms with Crippen molar-refractivity contribution in [3.8, 4) is 12.3 Å². The molecule has 0 amide bonds. The number of allylic oxidation sites excluding steroid dienone is 1. The van der Waals surface area contributed by atoms with E-state index in [1.807, 2.05) is 6.92 Å². The van der Waals surface area contributed by atoms with Gasteiger partial charge in [0.25, 0.3) is 5.69 Å². The van der Waals surface area contributed by atoms with Crippen LogP contribution in [0.4, 0.5) is 0 Å². The Morgan fingerprint density at radius 2 is 2.00 bits per heavy atom. The first-order valence-electron chi connectivity index (χ1n) is 7.76. The van der Waals surface area contributed by atoms with E-state index in [-0.39, 0.29) is 0 Å².